The molecule has 30 heavy (non-hydrogen) atoms. The summed E-state index contributed by atoms with van der Waals surface area (Å²) in [7, 11) is -3.76. The Kier molecular flexibility index (Phi) is 7.18. The first-order chi connectivity index (χ1) is 13.9. The lowest BCUT2D eigenvalue weighted by Gasteiger charge is -2.20. The van der Waals surface area contributed by atoms with Crippen molar-refractivity contribution in [3.8, 4) is 0 Å². The number of aliphatic hydroxyl groups excluding tert-OH is 1. The summed E-state index contributed by atoms with van der Waals surface area (Å²) in [6.45, 7) is 6.37. The zero-order chi connectivity index (χ0) is 22.7. The number of aliphatic carboxylic acids is 1. The normalized spacial score (nSPS) is 13.1. The van der Waals surface area contributed by atoms with Gasteiger partial charge in [0, 0.05) is 24.1 Å². The van der Waals surface area contributed by atoms with Crippen LogP contribution in [0, 0.1) is 12.7 Å². The van der Waals surface area contributed by atoms with E-state index in [1.807, 2.05) is 0 Å². The SMILES string of the molecule is Cc1cc(C(=C(CCO)C(=O)O)c2ccc(S(=O)(=O)NC(C)(C)C)cc2)ccc1F. The number of carbonyl (C=O) groups is 1. The molecule has 2 aromatic carbocycles. The van der Waals surface area contributed by atoms with Crippen LogP contribution in [-0.4, -0.2) is 36.7 Å². The molecule has 0 aliphatic heterocycles. The lowest BCUT2D eigenvalue weighted by atomic mass is 9.91. The molecular weight excluding hydrogens is 409 g/mol. The molecule has 8 heteroatoms. The number of aliphatic hydroxyl groups is 1. The molecule has 0 saturated carbocycles. The standard InChI is InChI=1S/C22H26FNO5S/c1-14-13-16(7-10-19(14)23)20(18(11-12-25)21(26)27)15-5-8-17(9-6-15)30(28,29)24-22(2,3)4/h5-10,13,24-25H,11-12H2,1-4H3,(H,26,27). The third-order valence-electron chi connectivity index (χ3n) is 4.26. The third-order valence-corrected chi connectivity index (χ3v) is 6.04. The molecular formula is C22H26FNO5S. The number of carboxylic acids is 1. The van der Waals surface area contributed by atoms with E-state index >= 15 is 0 Å². The maximum absolute atomic E-state index is 13.7. The van der Waals surface area contributed by atoms with Crippen molar-refractivity contribution in [2.24, 2.45) is 0 Å². The largest absolute Gasteiger partial charge is 0.478 e. The Morgan fingerprint density at radius 3 is 2.10 bits per heavy atom. The van der Waals surface area contributed by atoms with Gasteiger partial charge < -0.3 is 10.2 Å². The summed E-state index contributed by atoms with van der Waals surface area (Å²) >= 11 is 0. The topological polar surface area (TPSA) is 104 Å². The van der Waals surface area contributed by atoms with Crippen molar-refractivity contribution >= 4 is 21.6 Å². The Morgan fingerprint density at radius 1 is 1.07 bits per heavy atom. The average molecular weight is 436 g/mol. The quantitative estimate of drug-likeness (QED) is 0.578. The van der Waals surface area contributed by atoms with Gasteiger partial charge in [-0.25, -0.2) is 22.3 Å². The van der Waals surface area contributed by atoms with Crippen LogP contribution in [0.5, 0.6) is 0 Å². The van der Waals surface area contributed by atoms with E-state index in [9.17, 15) is 27.8 Å². The molecule has 2 aromatic rings. The Balaban J connectivity index is 2.64. The molecule has 0 aliphatic rings. The summed E-state index contributed by atoms with van der Waals surface area (Å²) in [5, 5.41) is 19.0. The van der Waals surface area contributed by atoms with E-state index in [-0.39, 0.29) is 23.5 Å². The summed E-state index contributed by atoms with van der Waals surface area (Å²) in [5.41, 5.74) is 0.836. The average Bonchev–Trinajstić information content (AvgIpc) is 2.62. The van der Waals surface area contributed by atoms with Gasteiger partial charge in [-0.05, 0) is 74.2 Å². The number of hydrogen-bond acceptors (Lipinski definition) is 4. The van der Waals surface area contributed by atoms with Crippen molar-refractivity contribution in [3.05, 3.63) is 70.5 Å². The molecule has 0 heterocycles. The van der Waals surface area contributed by atoms with Gasteiger partial charge in [0.2, 0.25) is 10.0 Å². The fourth-order valence-electron chi connectivity index (χ4n) is 3.03. The number of carboxylic acid groups (broad SMARTS) is 1. The van der Waals surface area contributed by atoms with Crippen molar-refractivity contribution in [3.63, 3.8) is 0 Å². The van der Waals surface area contributed by atoms with Crippen molar-refractivity contribution in [1.29, 1.82) is 0 Å². The highest BCUT2D eigenvalue weighted by Gasteiger charge is 2.23. The second kappa shape index (κ2) is 9.07. The number of benzene rings is 2. The second-order valence-corrected chi connectivity index (χ2v) is 9.66. The second-order valence-electron chi connectivity index (χ2n) is 7.98. The van der Waals surface area contributed by atoms with Crippen LogP contribution in [0.25, 0.3) is 5.57 Å². The molecule has 0 aromatic heterocycles. The minimum atomic E-state index is -3.76. The van der Waals surface area contributed by atoms with Crippen LogP contribution < -0.4 is 4.72 Å². The number of aryl methyl sites for hydroxylation is 1. The summed E-state index contributed by atoms with van der Waals surface area (Å²) in [4.78, 5) is 11.9. The molecule has 0 aliphatic carbocycles. The molecule has 0 fully saturated rings. The van der Waals surface area contributed by atoms with Crippen LogP contribution in [-0.2, 0) is 14.8 Å². The van der Waals surface area contributed by atoms with Gasteiger partial charge in [0.1, 0.15) is 5.82 Å². The van der Waals surface area contributed by atoms with E-state index < -0.39 is 27.3 Å². The first kappa shape index (κ1) is 23.7. The first-order valence-corrected chi connectivity index (χ1v) is 10.8. The maximum Gasteiger partial charge on any atom is 0.332 e. The van der Waals surface area contributed by atoms with Gasteiger partial charge in [0.25, 0.3) is 0 Å². The lowest BCUT2D eigenvalue weighted by molar-refractivity contribution is -0.132. The molecule has 0 radical (unpaired) electrons. The minimum absolute atomic E-state index is 0.0369. The Labute approximate surface area is 176 Å². The Hall–Kier alpha value is -2.55. The van der Waals surface area contributed by atoms with Crippen LogP contribution >= 0.6 is 0 Å². The first-order valence-electron chi connectivity index (χ1n) is 9.34. The van der Waals surface area contributed by atoms with E-state index in [0.717, 1.165) is 0 Å². The zero-order valence-electron chi connectivity index (χ0n) is 17.4. The van der Waals surface area contributed by atoms with Gasteiger partial charge in [-0.1, -0.05) is 18.2 Å². The van der Waals surface area contributed by atoms with Crippen LogP contribution in [0.2, 0.25) is 0 Å². The van der Waals surface area contributed by atoms with E-state index in [1.54, 1.807) is 27.7 Å². The summed E-state index contributed by atoms with van der Waals surface area (Å²) < 4.78 is 41.4. The van der Waals surface area contributed by atoms with Gasteiger partial charge in [-0.3, -0.25) is 0 Å². The fourth-order valence-corrected chi connectivity index (χ4v) is 4.45. The molecule has 162 valence electrons. The van der Waals surface area contributed by atoms with Gasteiger partial charge >= 0.3 is 5.97 Å². The number of sulfonamides is 1. The predicted octanol–water partition coefficient (Wildman–Crippen LogP) is 3.48. The van der Waals surface area contributed by atoms with Crippen molar-refractivity contribution in [2.45, 2.75) is 44.6 Å². The van der Waals surface area contributed by atoms with Crippen molar-refractivity contribution in [1.82, 2.24) is 4.72 Å². The van der Waals surface area contributed by atoms with Crippen LogP contribution in [0.4, 0.5) is 4.39 Å². The van der Waals surface area contributed by atoms with Gasteiger partial charge in [-0.15, -0.1) is 0 Å². The zero-order valence-corrected chi connectivity index (χ0v) is 18.2. The Morgan fingerprint density at radius 2 is 1.63 bits per heavy atom. The highest BCUT2D eigenvalue weighted by molar-refractivity contribution is 7.89. The summed E-state index contributed by atoms with van der Waals surface area (Å²) in [6, 6.07) is 10.0. The molecule has 2 rings (SSSR count). The Bertz CT molecular complexity index is 1070. The fraction of sp³-hybridized carbons (Fsp3) is 0.318. The molecule has 0 amide bonds. The highest BCUT2D eigenvalue weighted by Crippen LogP contribution is 2.31. The number of hydrogen-bond donors (Lipinski definition) is 3. The maximum atomic E-state index is 13.7. The van der Waals surface area contributed by atoms with Gasteiger partial charge in [-0.2, -0.15) is 0 Å². The molecule has 0 unspecified atom stereocenters. The van der Waals surface area contributed by atoms with Crippen LogP contribution in [0.3, 0.4) is 0 Å². The van der Waals surface area contributed by atoms with E-state index in [4.69, 9.17) is 0 Å². The molecule has 0 bridgehead atoms. The summed E-state index contributed by atoms with van der Waals surface area (Å²) in [6.07, 6.45) is -0.118. The predicted molar refractivity (Wildman–Crippen MR) is 113 cm³/mol. The molecule has 0 atom stereocenters. The van der Waals surface area contributed by atoms with Crippen molar-refractivity contribution < 1.29 is 27.8 Å². The monoisotopic (exact) mass is 435 g/mol. The van der Waals surface area contributed by atoms with Crippen LogP contribution in [0.1, 0.15) is 43.9 Å². The van der Waals surface area contributed by atoms with Gasteiger partial charge in [0.05, 0.1) is 4.90 Å². The van der Waals surface area contributed by atoms with E-state index in [0.29, 0.717) is 22.3 Å². The number of halogens is 1. The van der Waals surface area contributed by atoms with Gasteiger partial charge in [0.15, 0.2) is 0 Å². The van der Waals surface area contributed by atoms with E-state index in [1.165, 1.54) is 42.5 Å². The molecule has 6 nitrogen and oxygen atoms in total. The summed E-state index contributed by atoms with van der Waals surface area (Å²) in [5.74, 6) is -1.64. The van der Waals surface area contributed by atoms with Crippen molar-refractivity contribution in [2.75, 3.05) is 6.61 Å². The highest BCUT2D eigenvalue weighted by atomic mass is 32.2. The molecule has 3 N–H and O–H groups in total. The number of nitrogens with one attached hydrogen (secondary N) is 1. The number of rotatable bonds is 7. The molecule has 0 spiro atoms. The van der Waals surface area contributed by atoms with Crippen LogP contribution in [0.15, 0.2) is 52.9 Å². The third kappa shape index (κ3) is 5.75. The lowest BCUT2D eigenvalue weighted by Crippen LogP contribution is -2.40. The molecule has 0 saturated heterocycles. The minimum Gasteiger partial charge on any atom is -0.478 e. The van der Waals surface area contributed by atoms with E-state index in [2.05, 4.69) is 4.72 Å². The smallest absolute Gasteiger partial charge is 0.332 e.